The monoisotopic (exact) mass is 735 g/mol. The maximum atomic E-state index is 11.3. The minimum Gasteiger partial charge on any atom is -0.497 e. The highest BCUT2D eigenvalue weighted by atomic mass is 16.6. The van der Waals surface area contributed by atoms with Crippen LogP contribution in [0, 0.1) is 0 Å². The Bertz CT molecular complexity index is 1860. The number of ether oxygens (including phenoxy) is 5. The van der Waals surface area contributed by atoms with Crippen molar-refractivity contribution in [2.24, 2.45) is 4.99 Å². The Morgan fingerprint density at radius 3 is 1.83 bits per heavy atom. The summed E-state index contributed by atoms with van der Waals surface area (Å²) in [7, 11) is 3.22. The van der Waals surface area contributed by atoms with Crippen LogP contribution in [0.5, 0.6) is 17.2 Å². The number of benzene rings is 4. The summed E-state index contributed by atoms with van der Waals surface area (Å²) in [6, 6.07) is 32.9. The van der Waals surface area contributed by atoms with Gasteiger partial charge < -0.3 is 49.2 Å². The van der Waals surface area contributed by atoms with E-state index in [0.29, 0.717) is 28.8 Å². The zero-order chi connectivity index (χ0) is 38.5. The van der Waals surface area contributed by atoms with Crippen LogP contribution in [0.1, 0.15) is 43.0 Å². The molecule has 11 heteroatoms. The molecule has 5 unspecified atom stereocenters. The Hall–Kier alpha value is -5.17. The molecule has 5 atom stereocenters. The number of hydrogen-bond acceptors (Lipinski definition) is 11. The van der Waals surface area contributed by atoms with Gasteiger partial charge in [0.2, 0.25) is 6.35 Å². The van der Waals surface area contributed by atoms with E-state index >= 15 is 0 Å². The first-order valence-electron chi connectivity index (χ1n) is 17.8. The van der Waals surface area contributed by atoms with Crippen LogP contribution in [0.4, 0.5) is 0 Å². The Labute approximate surface area is 316 Å². The average molecular weight is 736 g/mol. The van der Waals surface area contributed by atoms with Crippen molar-refractivity contribution in [2.75, 3.05) is 27.4 Å². The van der Waals surface area contributed by atoms with Gasteiger partial charge in [-0.1, -0.05) is 94.1 Å². The van der Waals surface area contributed by atoms with Gasteiger partial charge in [-0.05, 0) is 70.1 Å². The predicted octanol–water partition coefficient (Wildman–Crippen LogP) is 5.44. The fourth-order valence-electron chi connectivity index (χ4n) is 6.59. The molecular weight excluding hydrogens is 686 g/mol. The van der Waals surface area contributed by atoms with E-state index in [-0.39, 0.29) is 18.6 Å². The molecule has 1 saturated heterocycles. The maximum Gasteiger partial charge on any atom is 0.229 e. The maximum absolute atomic E-state index is 11.3. The van der Waals surface area contributed by atoms with Crippen molar-refractivity contribution in [2.45, 2.75) is 62.7 Å². The van der Waals surface area contributed by atoms with E-state index in [2.05, 4.69) is 37.7 Å². The molecular formula is C43H49N3O8. The molecule has 0 amide bonds. The van der Waals surface area contributed by atoms with E-state index < -0.39 is 36.5 Å². The zero-order valence-electron chi connectivity index (χ0n) is 31.3. The van der Waals surface area contributed by atoms with Gasteiger partial charge in [-0.2, -0.15) is 0 Å². The second kappa shape index (κ2) is 16.5. The number of aliphatic hydroxyl groups excluding tert-OH is 3. The number of rotatable bonds is 13. The minimum absolute atomic E-state index is 0.0419. The van der Waals surface area contributed by atoms with Crippen molar-refractivity contribution in [3.63, 3.8) is 0 Å². The van der Waals surface area contributed by atoms with Crippen LogP contribution in [0.3, 0.4) is 0 Å². The molecule has 11 nitrogen and oxygen atoms in total. The molecule has 0 bridgehead atoms. The van der Waals surface area contributed by atoms with Crippen LogP contribution < -0.4 is 19.5 Å². The fourth-order valence-corrected chi connectivity index (χ4v) is 6.59. The number of methoxy groups -OCH3 is 2. The van der Waals surface area contributed by atoms with E-state index in [1.165, 1.54) is 10.5 Å². The third kappa shape index (κ3) is 8.30. The molecule has 2 aliphatic rings. The van der Waals surface area contributed by atoms with Crippen LogP contribution in [0.25, 0.3) is 0 Å². The summed E-state index contributed by atoms with van der Waals surface area (Å²) in [6.07, 6.45) is -3.08. The van der Waals surface area contributed by atoms with Crippen molar-refractivity contribution in [1.29, 1.82) is 0 Å². The molecule has 4 aromatic carbocycles. The number of aliphatic imine (C=N–C) groups is 1. The number of hydrogen-bond donors (Lipinski definition) is 4. The number of nitrogens with one attached hydrogen (secondary N) is 1. The molecule has 0 aromatic heterocycles. The molecule has 1 fully saturated rings. The Balaban J connectivity index is 1.15. The lowest BCUT2D eigenvalue weighted by Gasteiger charge is -2.37. The lowest BCUT2D eigenvalue weighted by Crippen LogP contribution is -2.48. The lowest BCUT2D eigenvalue weighted by atomic mass is 9.80. The summed E-state index contributed by atoms with van der Waals surface area (Å²) < 4.78 is 29.9. The highest BCUT2D eigenvalue weighted by Gasteiger charge is 2.48. The largest absolute Gasteiger partial charge is 0.497 e. The normalized spacial score (nSPS) is 21.4. The minimum atomic E-state index is -1.43. The third-order valence-corrected chi connectivity index (χ3v) is 9.63. The standard InChI is InChI=1S/C43H49N3O8/c1-28(26-52-35-22-12-29(13-23-35)42(2,3)4)44-37-24-25-46(41(49)45-37)40-39(48)38(47)36(54-40)27-53-43(30-10-8-7-9-11-30,31-14-18-33(50-5)19-15-31)32-16-20-34(51-6)21-17-32/h7-25,36,38-41,47-49H,1,26-27H2,2-6H3,(H,44,45). The molecule has 6 rings (SSSR count). The van der Waals surface area contributed by atoms with Gasteiger partial charge in [0.25, 0.3) is 0 Å². The Morgan fingerprint density at radius 1 is 0.759 bits per heavy atom. The van der Waals surface area contributed by atoms with Crippen LogP contribution in [0.15, 0.2) is 133 Å². The number of aliphatic hydroxyl groups is 3. The van der Waals surface area contributed by atoms with E-state index in [0.717, 1.165) is 16.7 Å². The van der Waals surface area contributed by atoms with E-state index in [1.54, 1.807) is 26.5 Å². The summed E-state index contributed by atoms with van der Waals surface area (Å²) in [5, 5.41) is 36.6. The van der Waals surface area contributed by atoms with Crippen LogP contribution in [-0.2, 0) is 20.5 Å². The summed E-state index contributed by atoms with van der Waals surface area (Å²) in [5.74, 6) is 2.42. The second-order valence-corrected chi connectivity index (χ2v) is 14.3. The van der Waals surface area contributed by atoms with Gasteiger partial charge in [-0.15, -0.1) is 0 Å². The second-order valence-electron chi connectivity index (χ2n) is 14.3. The topological polar surface area (TPSA) is 134 Å². The van der Waals surface area contributed by atoms with Crippen LogP contribution >= 0.6 is 0 Å². The van der Waals surface area contributed by atoms with Gasteiger partial charge in [0.1, 0.15) is 53.6 Å². The van der Waals surface area contributed by atoms with E-state index in [1.807, 2.05) is 103 Å². The van der Waals surface area contributed by atoms with Gasteiger partial charge in [0.15, 0.2) is 6.23 Å². The summed E-state index contributed by atoms with van der Waals surface area (Å²) in [6.45, 7) is 10.6. The van der Waals surface area contributed by atoms with Crippen LogP contribution in [-0.4, -0.2) is 84.4 Å². The van der Waals surface area contributed by atoms with Crippen molar-refractivity contribution in [1.82, 2.24) is 10.2 Å². The first-order chi connectivity index (χ1) is 25.9. The quantitative estimate of drug-likeness (QED) is 0.132. The molecule has 0 aliphatic carbocycles. The van der Waals surface area contributed by atoms with Gasteiger partial charge >= 0.3 is 0 Å². The molecule has 0 radical (unpaired) electrons. The predicted molar refractivity (Wildman–Crippen MR) is 206 cm³/mol. The van der Waals surface area contributed by atoms with Crippen molar-refractivity contribution < 1.29 is 39.0 Å². The first kappa shape index (κ1) is 38.6. The third-order valence-electron chi connectivity index (χ3n) is 9.63. The Kier molecular flexibility index (Phi) is 11.8. The lowest BCUT2D eigenvalue weighted by molar-refractivity contribution is -0.140. The van der Waals surface area contributed by atoms with Gasteiger partial charge in [-0.25, -0.2) is 4.99 Å². The summed E-state index contributed by atoms with van der Waals surface area (Å²) in [5.41, 5.74) is 3.05. The Morgan fingerprint density at radius 2 is 1.30 bits per heavy atom. The molecule has 2 heterocycles. The summed E-state index contributed by atoms with van der Waals surface area (Å²) >= 11 is 0. The molecule has 0 spiro atoms. The van der Waals surface area contributed by atoms with E-state index in [9.17, 15) is 15.3 Å². The van der Waals surface area contributed by atoms with Crippen molar-refractivity contribution >= 4 is 5.84 Å². The SMILES string of the molecule is C=C(COc1ccc(C(C)(C)C)cc1)NC1=NC(O)N(C2OC(COC(c3ccccc3)(c3ccc(OC)cc3)c3ccc(OC)cc3)C(O)C2O)C=C1. The highest BCUT2D eigenvalue weighted by Crippen LogP contribution is 2.42. The molecule has 0 saturated carbocycles. The van der Waals surface area contributed by atoms with Crippen molar-refractivity contribution in [3.05, 3.63) is 150 Å². The number of nitrogens with zero attached hydrogens (tertiary/aromatic N) is 2. The van der Waals surface area contributed by atoms with Crippen LogP contribution in [0.2, 0.25) is 0 Å². The number of amidine groups is 1. The molecule has 284 valence electrons. The molecule has 2 aliphatic heterocycles. The average Bonchev–Trinajstić information content (AvgIpc) is 3.46. The van der Waals surface area contributed by atoms with Gasteiger partial charge in [0.05, 0.1) is 20.8 Å². The summed E-state index contributed by atoms with van der Waals surface area (Å²) in [4.78, 5) is 5.66. The highest BCUT2D eigenvalue weighted by molar-refractivity contribution is 5.94. The molecule has 4 N–H and O–H groups in total. The van der Waals surface area contributed by atoms with Gasteiger partial charge in [0, 0.05) is 11.9 Å². The molecule has 54 heavy (non-hydrogen) atoms. The van der Waals surface area contributed by atoms with Gasteiger partial charge in [-0.3, -0.25) is 0 Å². The first-order valence-corrected chi connectivity index (χ1v) is 17.8. The zero-order valence-corrected chi connectivity index (χ0v) is 31.3. The van der Waals surface area contributed by atoms with Crippen molar-refractivity contribution in [3.8, 4) is 17.2 Å². The molecule has 4 aromatic rings. The smallest absolute Gasteiger partial charge is 0.229 e. The fraction of sp³-hybridized carbons (Fsp3) is 0.326. The van der Waals surface area contributed by atoms with E-state index in [4.69, 9.17) is 23.7 Å².